The van der Waals surface area contributed by atoms with Crippen LogP contribution in [0.1, 0.15) is 36.8 Å². The molecule has 3 N–H and O–H groups in total. The number of H-pyrrole nitrogens is 1. The molecular weight excluding hydrogens is 526 g/mol. The van der Waals surface area contributed by atoms with Crippen LogP contribution in [0.3, 0.4) is 0 Å². The van der Waals surface area contributed by atoms with E-state index in [4.69, 9.17) is 9.72 Å². The van der Waals surface area contributed by atoms with Gasteiger partial charge in [0.25, 0.3) is 0 Å². The van der Waals surface area contributed by atoms with Crippen LogP contribution in [-0.4, -0.2) is 49.1 Å². The van der Waals surface area contributed by atoms with Gasteiger partial charge in [-0.05, 0) is 86.3 Å². The molecular formula is C30H31N5O4S. The minimum Gasteiger partial charge on any atom is -0.381 e. The lowest BCUT2D eigenvalue weighted by atomic mass is 9.91. The number of hydrogen-bond acceptors (Lipinski definition) is 5. The molecule has 206 valence electrons. The van der Waals surface area contributed by atoms with Gasteiger partial charge in [0.2, 0.25) is 15.9 Å². The van der Waals surface area contributed by atoms with Crippen molar-refractivity contribution in [3.05, 3.63) is 71.9 Å². The number of aryl methyl sites for hydroxylation is 1. The number of nitrogens with zero attached hydrogens (tertiary/aromatic N) is 2. The van der Waals surface area contributed by atoms with E-state index in [2.05, 4.69) is 39.3 Å². The number of anilines is 1. The molecule has 0 atom stereocenters. The summed E-state index contributed by atoms with van der Waals surface area (Å²) in [6.45, 7) is 4.90. The lowest BCUT2D eigenvalue weighted by Crippen LogP contribution is -2.18. The fraction of sp³-hybridized carbons (Fsp3) is 0.267. The Balaban J connectivity index is 1.65. The van der Waals surface area contributed by atoms with Crippen LogP contribution >= 0.6 is 0 Å². The Kier molecular flexibility index (Phi) is 6.69. The zero-order valence-electron chi connectivity index (χ0n) is 22.6. The lowest BCUT2D eigenvalue weighted by Gasteiger charge is -2.24. The van der Waals surface area contributed by atoms with Gasteiger partial charge in [0, 0.05) is 48.5 Å². The molecule has 10 heteroatoms. The van der Waals surface area contributed by atoms with Gasteiger partial charge in [-0.15, -0.1) is 0 Å². The molecule has 9 nitrogen and oxygen atoms in total. The molecule has 0 bridgehead atoms. The van der Waals surface area contributed by atoms with Crippen molar-refractivity contribution in [3.63, 3.8) is 0 Å². The number of sulfonamides is 1. The zero-order chi connectivity index (χ0) is 28.0. The summed E-state index contributed by atoms with van der Waals surface area (Å²) in [6.07, 6.45) is 3.70. The molecule has 1 saturated heterocycles. The van der Waals surface area contributed by atoms with Gasteiger partial charge in [-0.3, -0.25) is 9.36 Å². The fourth-order valence-corrected chi connectivity index (χ4v) is 6.26. The van der Waals surface area contributed by atoms with Gasteiger partial charge in [0.1, 0.15) is 5.82 Å². The van der Waals surface area contributed by atoms with Crippen LogP contribution in [0, 0.1) is 6.92 Å². The summed E-state index contributed by atoms with van der Waals surface area (Å²) < 4.78 is 35.5. The number of aromatic amines is 1. The van der Waals surface area contributed by atoms with E-state index in [1.165, 1.54) is 14.0 Å². The topological polar surface area (TPSA) is 118 Å². The summed E-state index contributed by atoms with van der Waals surface area (Å²) in [5, 5.41) is 3.96. The van der Waals surface area contributed by atoms with Gasteiger partial charge in [0.05, 0.1) is 21.6 Å². The van der Waals surface area contributed by atoms with Crippen molar-refractivity contribution in [2.45, 2.75) is 37.5 Å². The monoisotopic (exact) mass is 557 g/mol. The number of carbonyl (C=O) groups is 1. The van der Waals surface area contributed by atoms with Gasteiger partial charge in [-0.1, -0.05) is 12.1 Å². The highest BCUT2D eigenvalue weighted by molar-refractivity contribution is 7.89. The van der Waals surface area contributed by atoms with E-state index in [1.807, 2.05) is 29.8 Å². The molecule has 5 aromatic rings. The Morgan fingerprint density at radius 3 is 2.62 bits per heavy atom. The first kappa shape index (κ1) is 26.2. The Labute approximate surface area is 232 Å². The van der Waals surface area contributed by atoms with E-state index in [9.17, 15) is 13.2 Å². The SMILES string of the molecule is CNS(=O)(=O)c1ccc2nc(-c3c[nH]c4cc(C)ccc34)n(-c3cc(NC(C)=O)cc(C4CCOCC4)c3)c2c1. The Hall–Kier alpha value is -3.99. The molecule has 2 aromatic heterocycles. The molecule has 3 heterocycles. The molecule has 0 spiro atoms. The molecule has 1 aliphatic rings. The fourth-order valence-electron chi connectivity index (χ4n) is 5.51. The third-order valence-electron chi connectivity index (χ3n) is 7.49. The van der Waals surface area contributed by atoms with Crippen LogP contribution < -0.4 is 10.0 Å². The first-order chi connectivity index (χ1) is 19.2. The Morgan fingerprint density at radius 2 is 1.88 bits per heavy atom. The molecule has 0 aliphatic carbocycles. The van der Waals surface area contributed by atoms with E-state index in [0.717, 1.165) is 46.1 Å². The van der Waals surface area contributed by atoms with Crippen LogP contribution in [0.5, 0.6) is 0 Å². The van der Waals surface area contributed by atoms with Gasteiger partial charge in [-0.2, -0.15) is 0 Å². The highest BCUT2D eigenvalue weighted by atomic mass is 32.2. The maximum Gasteiger partial charge on any atom is 0.240 e. The average molecular weight is 558 g/mol. The van der Waals surface area contributed by atoms with Crippen molar-refractivity contribution in [3.8, 4) is 17.1 Å². The number of ether oxygens (including phenoxy) is 1. The molecule has 0 radical (unpaired) electrons. The molecule has 40 heavy (non-hydrogen) atoms. The van der Waals surface area contributed by atoms with Crippen molar-refractivity contribution in [2.24, 2.45) is 0 Å². The predicted octanol–water partition coefficient (Wildman–Crippen LogP) is 5.24. The third kappa shape index (κ3) is 4.78. The van der Waals surface area contributed by atoms with E-state index >= 15 is 0 Å². The summed E-state index contributed by atoms with van der Waals surface area (Å²) in [4.78, 5) is 20.6. The number of aromatic nitrogens is 3. The maximum atomic E-state index is 12.8. The summed E-state index contributed by atoms with van der Waals surface area (Å²) in [6, 6.07) is 17.2. The molecule has 0 saturated carbocycles. The summed E-state index contributed by atoms with van der Waals surface area (Å²) >= 11 is 0. The minimum absolute atomic E-state index is 0.146. The molecule has 1 aliphatic heterocycles. The lowest BCUT2D eigenvalue weighted by molar-refractivity contribution is -0.114. The Morgan fingerprint density at radius 1 is 1.07 bits per heavy atom. The standard InChI is InChI=1S/C30H31N5O4S/c1-18-4-6-25-26(17-32-28(25)12-18)30-34-27-7-5-24(40(37,38)31-3)16-29(27)35(30)23-14-21(20-8-10-39-11-9-20)13-22(15-23)33-19(2)36/h4-7,12-17,20,31-32H,8-11H2,1-3H3,(H,33,36). The summed E-state index contributed by atoms with van der Waals surface area (Å²) in [7, 11) is -2.29. The first-order valence-corrected chi connectivity index (χ1v) is 14.8. The number of amides is 1. The van der Waals surface area contributed by atoms with Crippen LogP contribution in [-0.2, 0) is 19.6 Å². The highest BCUT2D eigenvalue weighted by Crippen LogP contribution is 2.37. The van der Waals surface area contributed by atoms with Crippen molar-refractivity contribution in [1.82, 2.24) is 19.3 Å². The van der Waals surface area contributed by atoms with Crippen molar-refractivity contribution in [1.29, 1.82) is 0 Å². The van der Waals surface area contributed by atoms with Crippen LogP contribution in [0.25, 0.3) is 39.0 Å². The van der Waals surface area contributed by atoms with Gasteiger partial charge >= 0.3 is 0 Å². The first-order valence-electron chi connectivity index (χ1n) is 13.3. The Bertz CT molecular complexity index is 1870. The normalized spacial score (nSPS) is 14.7. The van der Waals surface area contributed by atoms with Crippen LogP contribution in [0.15, 0.2) is 65.7 Å². The van der Waals surface area contributed by atoms with Gasteiger partial charge < -0.3 is 15.0 Å². The summed E-state index contributed by atoms with van der Waals surface area (Å²) in [5.74, 6) is 0.776. The van der Waals surface area contributed by atoms with Crippen molar-refractivity contribution < 1.29 is 17.9 Å². The quantitative estimate of drug-likeness (QED) is 0.264. The molecule has 6 rings (SSSR count). The average Bonchev–Trinajstić information content (AvgIpc) is 3.53. The van der Waals surface area contributed by atoms with E-state index in [1.54, 1.807) is 18.2 Å². The molecule has 0 unspecified atom stereocenters. The number of hydrogen-bond donors (Lipinski definition) is 3. The highest BCUT2D eigenvalue weighted by Gasteiger charge is 2.23. The smallest absolute Gasteiger partial charge is 0.240 e. The second-order valence-corrected chi connectivity index (χ2v) is 12.1. The minimum atomic E-state index is -3.69. The van der Waals surface area contributed by atoms with Crippen molar-refractivity contribution >= 4 is 43.6 Å². The second-order valence-electron chi connectivity index (χ2n) is 10.3. The number of nitrogens with one attached hydrogen (secondary N) is 3. The second kappa shape index (κ2) is 10.2. The zero-order valence-corrected chi connectivity index (χ0v) is 23.4. The van der Waals surface area contributed by atoms with E-state index in [0.29, 0.717) is 35.8 Å². The van der Waals surface area contributed by atoms with E-state index in [-0.39, 0.29) is 16.7 Å². The summed E-state index contributed by atoms with van der Waals surface area (Å²) in [5.41, 5.74) is 6.86. The number of fused-ring (bicyclic) bond motifs is 2. The molecule has 1 amide bonds. The largest absolute Gasteiger partial charge is 0.381 e. The number of benzene rings is 3. The van der Waals surface area contributed by atoms with Gasteiger partial charge in [-0.25, -0.2) is 18.1 Å². The predicted molar refractivity (Wildman–Crippen MR) is 156 cm³/mol. The number of imidazole rings is 1. The van der Waals surface area contributed by atoms with Crippen LogP contribution in [0.4, 0.5) is 5.69 Å². The molecule has 1 fully saturated rings. The van der Waals surface area contributed by atoms with Gasteiger partial charge in [0.15, 0.2) is 0 Å². The van der Waals surface area contributed by atoms with Crippen molar-refractivity contribution in [2.75, 3.05) is 25.6 Å². The van der Waals surface area contributed by atoms with Crippen LogP contribution in [0.2, 0.25) is 0 Å². The van der Waals surface area contributed by atoms with E-state index < -0.39 is 10.0 Å². The number of carbonyl (C=O) groups excluding carboxylic acids is 1. The third-order valence-corrected chi connectivity index (χ3v) is 8.91. The molecule has 3 aromatic carbocycles. The maximum absolute atomic E-state index is 12.8. The number of rotatable bonds is 6.